The summed E-state index contributed by atoms with van der Waals surface area (Å²) in [6.07, 6.45) is 2.08. The van der Waals surface area contributed by atoms with Crippen molar-refractivity contribution >= 4 is 0 Å². The molecule has 0 bridgehead atoms. The first-order valence-electron chi connectivity index (χ1n) is 5.68. The van der Waals surface area contributed by atoms with Crippen molar-refractivity contribution in [1.82, 2.24) is 9.78 Å². The molecule has 2 aromatic rings. The van der Waals surface area contributed by atoms with E-state index in [1.807, 2.05) is 11.7 Å². The molecule has 0 atom stereocenters. The van der Waals surface area contributed by atoms with E-state index in [1.54, 1.807) is 0 Å². The first-order chi connectivity index (χ1) is 7.58. The molecule has 0 aliphatic heterocycles. The number of nitrogens with zero attached hydrogens (tertiary/aromatic N) is 2. The zero-order valence-electron chi connectivity index (χ0n) is 10.4. The van der Waals surface area contributed by atoms with Gasteiger partial charge in [-0.2, -0.15) is 5.10 Å². The van der Waals surface area contributed by atoms with E-state index >= 15 is 0 Å². The van der Waals surface area contributed by atoms with E-state index in [0.29, 0.717) is 5.92 Å². The highest BCUT2D eigenvalue weighted by Gasteiger charge is 2.07. The van der Waals surface area contributed by atoms with E-state index in [0.717, 1.165) is 5.69 Å². The van der Waals surface area contributed by atoms with Crippen molar-refractivity contribution in [3.63, 3.8) is 0 Å². The molecular weight excluding hydrogens is 196 g/mol. The summed E-state index contributed by atoms with van der Waals surface area (Å²) >= 11 is 0. The Morgan fingerprint density at radius 1 is 1.25 bits per heavy atom. The molecule has 0 fully saturated rings. The smallest absolute Gasteiger partial charge is 0.0671 e. The Morgan fingerprint density at radius 3 is 2.56 bits per heavy atom. The van der Waals surface area contributed by atoms with Gasteiger partial charge in [0, 0.05) is 18.8 Å². The molecule has 1 aromatic carbocycles. The highest BCUT2D eigenvalue weighted by atomic mass is 15.2. The minimum absolute atomic E-state index is 0.567. The summed E-state index contributed by atoms with van der Waals surface area (Å²) in [5.74, 6) is 0.567. The summed E-state index contributed by atoms with van der Waals surface area (Å²) in [5, 5.41) is 4.38. The molecule has 0 saturated carbocycles. The lowest BCUT2D eigenvalue weighted by Gasteiger charge is -2.07. The molecule has 0 saturated heterocycles. The van der Waals surface area contributed by atoms with Gasteiger partial charge < -0.3 is 0 Å². The van der Waals surface area contributed by atoms with E-state index in [1.165, 1.54) is 16.7 Å². The van der Waals surface area contributed by atoms with Gasteiger partial charge in [0.15, 0.2) is 0 Å². The zero-order chi connectivity index (χ0) is 11.7. The zero-order valence-corrected chi connectivity index (χ0v) is 10.4. The van der Waals surface area contributed by atoms with Crippen LogP contribution in [0.25, 0.3) is 11.1 Å². The molecule has 84 valence electrons. The van der Waals surface area contributed by atoms with Gasteiger partial charge in [-0.1, -0.05) is 38.1 Å². The molecule has 16 heavy (non-hydrogen) atoms. The Hall–Kier alpha value is -1.57. The number of hydrogen-bond acceptors (Lipinski definition) is 1. The highest BCUT2D eigenvalue weighted by Crippen LogP contribution is 2.25. The Balaban J connectivity index is 2.48. The second kappa shape index (κ2) is 4.12. The number of rotatable bonds is 2. The monoisotopic (exact) mass is 214 g/mol. The maximum absolute atomic E-state index is 4.38. The molecule has 0 N–H and O–H groups in total. The molecule has 1 heterocycles. The standard InChI is InChI=1S/C14H18N2/c1-10(2)12-6-5-7-13(8-12)14-9-16(4)15-11(14)3/h5-10H,1-4H3. The van der Waals surface area contributed by atoms with Gasteiger partial charge in [-0.15, -0.1) is 0 Å². The summed E-state index contributed by atoms with van der Waals surface area (Å²) in [6.45, 7) is 6.49. The highest BCUT2D eigenvalue weighted by molar-refractivity contribution is 5.65. The average molecular weight is 214 g/mol. The van der Waals surface area contributed by atoms with Crippen molar-refractivity contribution in [3.8, 4) is 11.1 Å². The first kappa shape index (κ1) is 10.9. The van der Waals surface area contributed by atoms with Crippen molar-refractivity contribution < 1.29 is 0 Å². The normalized spacial score (nSPS) is 11.1. The molecule has 0 unspecified atom stereocenters. The van der Waals surface area contributed by atoms with Crippen LogP contribution in [-0.4, -0.2) is 9.78 Å². The van der Waals surface area contributed by atoms with Crippen LogP contribution >= 0.6 is 0 Å². The summed E-state index contributed by atoms with van der Waals surface area (Å²) in [5.41, 5.74) is 4.95. The van der Waals surface area contributed by atoms with Gasteiger partial charge >= 0.3 is 0 Å². The van der Waals surface area contributed by atoms with E-state index in [4.69, 9.17) is 0 Å². The predicted octanol–water partition coefficient (Wildman–Crippen LogP) is 3.52. The molecule has 2 nitrogen and oxygen atoms in total. The maximum atomic E-state index is 4.38. The molecule has 0 aliphatic carbocycles. The van der Waals surface area contributed by atoms with Crippen molar-refractivity contribution in [2.75, 3.05) is 0 Å². The van der Waals surface area contributed by atoms with Crippen molar-refractivity contribution in [3.05, 3.63) is 41.7 Å². The number of hydrogen-bond donors (Lipinski definition) is 0. The third-order valence-corrected chi connectivity index (χ3v) is 2.88. The summed E-state index contributed by atoms with van der Waals surface area (Å²) in [6, 6.07) is 8.71. The molecule has 0 radical (unpaired) electrons. The van der Waals surface area contributed by atoms with Crippen LogP contribution in [0.5, 0.6) is 0 Å². The van der Waals surface area contributed by atoms with Crippen LogP contribution in [0.2, 0.25) is 0 Å². The van der Waals surface area contributed by atoms with E-state index in [-0.39, 0.29) is 0 Å². The van der Waals surface area contributed by atoms with Gasteiger partial charge in [-0.05, 0) is 24.0 Å². The minimum Gasteiger partial charge on any atom is -0.275 e. The second-order valence-electron chi connectivity index (χ2n) is 4.58. The fourth-order valence-corrected chi connectivity index (χ4v) is 1.95. The molecule has 1 aromatic heterocycles. The molecule has 2 heteroatoms. The lowest BCUT2D eigenvalue weighted by Crippen LogP contribution is -1.87. The lowest BCUT2D eigenvalue weighted by atomic mass is 9.98. The molecule has 0 amide bonds. The van der Waals surface area contributed by atoms with E-state index in [2.05, 4.69) is 56.3 Å². The van der Waals surface area contributed by atoms with Crippen molar-refractivity contribution in [2.24, 2.45) is 7.05 Å². The third kappa shape index (κ3) is 2.01. The number of aromatic nitrogens is 2. The van der Waals surface area contributed by atoms with Gasteiger partial charge in [0.05, 0.1) is 5.69 Å². The van der Waals surface area contributed by atoms with Crippen LogP contribution in [0.3, 0.4) is 0 Å². The molecule has 0 spiro atoms. The van der Waals surface area contributed by atoms with Gasteiger partial charge in [-0.25, -0.2) is 0 Å². The van der Waals surface area contributed by atoms with Gasteiger partial charge in [0.2, 0.25) is 0 Å². The quantitative estimate of drug-likeness (QED) is 0.748. The minimum atomic E-state index is 0.567. The maximum Gasteiger partial charge on any atom is 0.0671 e. The fourth-order valence-electron chi connectivity index (χ4n) is 1.95. The van der Waals surface area contributed by atoms with E-state index < -0.39 is 0 Å². The van der Waals surface area contributed by atoms with Crippen LogP contribution in [0.4, 0.5) is 0 Å². The van der Waals surface area contributed by atoms with E-state index in [9.17, 15) is 0 Å². The number of aryl methyl sites for hydroxylation is 2. The SMILES string of the molecule is Cc1nn(C)cc1-c1cccc(C(C)C)c1. The van der Waals surface area contributed by atoms with Crippen LogP contribution in [-0.2, 0) is 7.05 Å². The summed E-state index contributed by atoms with van der Waals surface area (Å²) < 4.78 is 1.87. The van der Waals surface area contributed by atoms with Crippen LogP contribution in [0.15, 0.2) is 30.5 Å². The predicted molar refractivity (Wildman–Crippen MR) is 67.5 cm³/mol. The Bertz CT molecular complexity index is 495. The Morgan fingerprint density at radius 2 is 2.00 bits per heavy atom. The first-order valence-corrected chi connectivity index (χ1v) is 5.68. The van der Waals surface area contributed by atoms with Crippen LogP contribution in [0, 0.1) is 6.92 Å². The van der Waals surface area contributed by atoms with Crippen LogP contribution < -0.4 is 0 Å². The second-order valence-corrected chi connectivity index (χ2v) is 4.58. The third-order valence-electron chi connectivity index (χ3n) is 2.88. The van der Waals surface area contributed by atoms with Gasteiger partial charge in [0.1, 0.15) is 0 Å². The van der Waals surface area contributed by atoms with Crippen molar-refractivity contribution in [1.29, 1.82) is 0 Å². The topological polar surface area (TPSA) is 17.8 Å². The van der Waals surface area contributed by atoms with Gasteiger partial charge in [0.25, 0.3) is 0 Å². The largest absolute Gasteiger partial charge is 0.275 e. The summed E-state index contributed by atoms with van der Waals surface area (Å²) in [7, 11) is 1.96. The lowest BCUT2D eigenvalue weighted by molar-refractivity contribution is 0.756. The van der Waals surface area contributed by atoms with Gasteiger partial charge in [-0.3, -0.25) is 4.68 Å². The molecule has 2 rings (SSSR count). The number of benzene rings is 1. The molecular formula is C14H18N2. The fraction of sp³-hybridized carbons (Fsp3) is 0.357. The Labute approximate surface area is 96.9 Å². The Kier molecular flexibility index (Phi) is 2.82. The molecule has 0 aliphatic rings. The average Bonchev–Trinajstić information content (AvgIpc) is 2.58. The van der Waals surface area contributed by atoms with Crippen molar-refractivity contribution in [2.45, 2.75) is 26.7 Å². The van der Waals surface area contributed by atoms with Crippen LogP contribution in [0.1, 0.15) is 31.0 Å². The summed E-state index contributed by atoms with van der Waals surface area (Å²) in [4.78, 5) is 0.